The van der Waals surface area contributed by atoms with E-state index in [9.17, 15) is 0 Å². The number of hydrogen-bond acceptors (Lipinski definition) is 5. The van der Waals surface area contributed by atoms with Gasteiger partial charge in [-0.05, 0) is 24.6 Å². The maximum atomic E-state index is 5.95. The SMILES string of the molecule is CCCCOc1cc(-c2nc(-c3ccccc3)no2)ccc1N. The third-order valence-corrected chi connectivity index (χ3v) is 3.47. The van der Waals surface area contributed by atoms with Crippen molar-refractivity contribution in [1.82, 2.24) is 10.1 Å². The van der Waals surface area contributed by atoms with Gasteiger partial charge in [0.2, 0.25) is 5.82 Å². The first-order valence-electron chi connectivity index (χ1n) is 7.69. The van der Waals surface area contributed by atoms with Crippen LogP contribution < -0.4 is 10.5 Å². The normalized spacial score (nSPS) is 10.7. The molecule has 5 nitrogen and oxygen atoms in total. The standard InChI is InChI=1S/C18H19N3O2/c1-2-3-11-22-16-12-14(9-10-15(16)19)18-20-17(21-23-18)13-7-5-4-6-8-13/h4-10,12H,2-3,11,19H2,1H3. The summed E-state index contributed by atoms with van der Waals surface area (Å²) < 4.78 is 11.1. The van der Waals surface area contributed by atoms with E-state index in [0.717, 1.165) is 24.0 Å². The number of benzene rings is 2. The Kier molecular flexibility index (Phi) is 4.57. The second kappa shape index (κ2) is 6.96. The number of hydrogen-bond donors (Lipinski definition) is 1. The first-order chi connectivity index (χ1) is 11.3. The minimum absolute atomic E-state index is 0.448. The molecule has 1 aromatic heterocycles. The molecule has 2 aromatic carbocycles. The monoisotopic (exact) mass is 309 g/mol. The Hall–Kier alpha value is -2.82. The van der Waals surface area contributed by atoms with Crippen LogP contribution >= 0.6 is 0 Å². The molecule has 1 heterocycles. The first-order valence-corrected chi connectivity index (χ1v) is 7.69. The quantitative estimate of drug-likeness (QED) is 0.546. The fraction of sp³-hybridized carbons (Fsp3) is 0.222. The average molecular weight is 309 g/mol. The van der Waals surface area contributed by atoms with Crippen molar-refractivity contribution in [3.63, 3.8) is 0 Å². The molecule has 2 N–H and O–H groups in total. The molecule has 0 aliphatic carbocycles. The number of rotatable bonds is 6. The lowest BCUT2D eigenvalue weighted by Crippen LogP contribution is -2.00. The molecule has 0 spiro atoms. The molecular formula is C18H19N3O2. The van der Waals surface area contributed by atoms with E-state index in [1.807, 2.05) is 42.5 Å². The Bertz CT molecular complexity index is 769. The molecule has 23 heavy (non-hydrogen) atoms. The molecule has 0 aliphatic heterocycles. The predicted molar refractivity (Wildman–Crippen MR) is 90.0 cm³/mol. The molecule has 0 fully saturated rings. The molecule has 0 radical (unpaired) electrons. The first kappa shape index (κ1) is 15.1. The van der Waals surface area contributed by atoms with Gasteiger partial charge in [0.15, 0.2) is 0 Å². The van der Waals surface area contributed by atoms with E-state index in [2.05, 4.69) is 17.1 Å². The number of unbranched alkanes of at least 4 members (excludes halogenated alkanes) is 1. The van der Waals surface area contributed by atoms with Crippen molar-refractivity contribution in [2.24, 2.45) is 0 Å². The van der Waals surface area contributed by atoms with E-state index in [-0.39, 0.29) is 0 Å². The van der Waals surface area contributed by atoms with E-state index in [1.165, 1.54) is 0 Å². The fourth-order valence-corrected chi connectivity index (χ4v) is 2.16. The Morgan fingerprint density at radius 3 is 2.70 bits per heavy atom. The van der Waals surface area contributed by atoms with Crippen LogP contribution in [0.1, 0.15) is 19.8 Å². The Balaban J connectivity index is 1.84. The summed E-state index contributed by atoms with van der Waals surface area (Å²) in [6.45, 7) is 2.76. The fourth-order valence-electron chi connectivity index (χ4n) is 2.16. The topological polar surface area (TPSA) is 74.2 Å². The lowest BCUT2D eigenvalue weighted by atomic mass is 10.2. The lowest BCUT2D eigenvalue weighted by Gasteiger charge is -2.09. The van der Waals surface area contributed by atoms with Crippen molar-refractivity contribution in [3.8, 4) is 28.6 Å². The zero-order valence-corrected chi connectivity index (χ0v) is 13.0. The molecule has 3 rings (SSSR count). The van der Waals surface area contributed by atoms with Gasteiger partial charge in [0.05, 0.1) is 12.3 Å². The Morgan fingerprint density at radius 1 is 1.09 bits per heavy atom. The molecule has 0 amide bonds. The maximum Gasteiger partial charge on any atom is 0.258 e. The highest BCUT2D eigenvalue weighted by atomic mass is 16.5. The summed E-state index contributed by atoms with van der Waals surface area (Å²) in [4.78, 5) is 4.44. The van der Waals surface area contributed by atoms with Crippen molar-refractivity contribution >= 4 is 5.69 Å². The zero-order chi connectivity index (χ0) is 16.1. The highest BCUT2D eigenvalue weighted by molar-refractivity contribution is 5.66. The second-order valence-corrected chi connectivity index (χ2v) is 5.24. The van der Waals surface area contributed by atoms with Gasteiger partial charge in [-0.3, -0.25) is 0 Å². The van der Waals surface area contributed by atoms with E-state index < -0.39 is 0 Å². The van der Waals surface area contributed by atoms with E-state index in [0.29, 0.717) is 29.8 Å². The van der Waals surface area contributed by atoms with Crippen LogP contribution in [0.2, 0.25) is 0 Å². The van der Waals surface area contributed by atoms with Crippen molar-refractivity contribution in [1.29, 1.82) is 0 Å². The number of anilines is 1. The van der Waals surface area contributed by atoms with Crippen LogP contribution in [0.5, 0.6) is 5.75 Å². The highest BCUT2D eigenvalue weighted by Crippen LogP contribution is 2.29. The zero-order valence-electron chi connectivity index (χ0n) is 13.0. The summed E-state index contributed by atoms with van der Waals surface area (Å²) in [5, 5.41) is 4.03. The molecule has 118 valence electrons. The molecule has 3 aromatic rings. The van der Waals surface area contributed by atoms with E-state index in [1.54, 1.807) is 6.07 Å². The van der Waals surface area contributed by atoms with Gasteiger partial charge in [0.1, 0.15) is 5.75 Å². The number of nitrogen functional groups attached to an aromatic ring is 1. The van der Waals surface area contributed by atoms with Crippen molar-refractivity contribution in [2.75, 3.05) is 12.3 Å². The number of ether oxygens (including phenoxy) is 1. The van der Waals surface area contributed by atoms with Crippen LogP contribution in [0, 0.1) is 0 Å². The Labute approximate surface area is 135 Å². The largest absolute Gasteiger partial charge is 0.491 e. The van der Waals surface area contributed by atoms with Gasteiger partial charge in [0.25, 0.3) is 5.89 Å². The molecule has 0 atom stereocenters. The van der Waals surface area contributed by atoms with Crippen LogP contribution in [0.4, 0.5) is 5.69 Å². The predicted octanol–water partition coefficient (Wildman–Crippen LogP) is 4.16. The summed E-state index contributed by atoms with van der Waals surface area (Å²) >= 11 is 0. The Morgan fingerprint density at radius 2 is 1.91 bits per heavy atom. The third kappa shape index (κ3) is 3.51. The molecule has 0 bridgehead atoms. The number of nitrogens with zero attached hydrogens (tertiary/aromatic N) is 2. The summed E-state index contributed by atoms with van der Waals surface area (Å²) in [5.74, 6) is 1.66. The second-order valence-electron chi connectivity index (χ2n) is 5.24. The van der Waals surface area contributed by atoms with Crippen LogP contribution in [0.15, 0.2) is 53.1 Å². The molecule has 0 saturated carbocycles. The van der Waals surface area contributed by atoms with Crippen LogP contribution in [-0.4, -0.2) is 16.7 Å². The van der Waals surface area contributed by atoms with Gasteiger partial charge in [0, 0.05) is 11.1 Å². The number of aromatic nitrogens is 2. The van der Waals surface area contributed by atoms with E-state index in [4.69, 9.17) is 15.0 Å². The van der Waals surface area contributed by atoms with Gasteiger partial charge in [-0.1, -0.05) is 48.8 Å². The van der Waals surface area contributed by atoms with Crippen molar-refractivity contribution < 1.29 is 9.26 Å². The van der Waals surface area contributed by atoms with Gasteiger partial charge in [-0.2, -0.15) is 4.98 Å². The number of nitrogens with two attached hydrogens (primary N) is 1. The average Bonchev–Trinajstić information content (AvgIpc) is 3.08. The molecule has 5 heteroatoms. The van der Waals surface area contributed by atoms with Gasteiger partial charge >= 0.3 is 0 Å². The van der Waals surface area contributed by atoms with Gasteiger partial charge in [-0.25, -0.2) is 0 Å². The van der Waals surface area contributed by atoms with Crippen molar-refractivity contribution in [3.05, 3.63) is 48.5 Å². The summed E-state index contributed by atoms with van der Waals surface area (Å²) in [5.41, 5.74) is 8.26. The summed E-state index contributed by atoms with van der Waals surface area (Å²) in [6.07, 6.45) is 2.06. The summed E-state index contributed by atoms with van der Waals surface area (Å²) in [7, 11) is 0. The lowest BCUT2D eigenvalue weighted by molar-refractivity contribution is 0.311. The van der Waals surface area contributed by atoms with Crippen LogP contribution in [0.3, 0.4) is 0 Å². The van der Waals surface area contributed by atoms with E-state index >= 15 is 0 Å². The van der Waals surface area contributed by atoms with Gasteiger partial charge < -0.3 is 15.0 Å². The highest BCUT2D eigenvalue weighted by Gasteiger charge is 2.12. The van der Waals surface area contributed by atoms with Crippen LogP contribution in [0.25, 0.3) is 22.8 Å². The van der Waals surface area contributed by atoms with Crippen LogP contribution in [-0.2, 0) is 0 Å². The molecule has 0 unspecified atom stereocenters. The minimum Gasteiger partial charge on any atom is -0.491 e. The summed E-state index contributed by atoms with van der Waals surface area (Å²) in [6, 6.07) is 15.2. The van der Waals surface area contributed by atoms with Gasteiger partial charge in [-0.15, -0.1) is 0 Å². The molecule has 0 saturated heterocycles. The minimum atomic E-state index is 0.448. The smallest absolute Gasteiger partial charge is 0.258 e. The molecular weight excluding hydrogens is 290 g/mol. The third-order valence-electron chi connectivity index (χ3n) is 3.47. The molecule has 0 aliphatic rings. The maximum absolute atomic E-state index is 5.95. The van der Waals surface area contributed by atoms with Crippen molar-refractivity contribution in [2.45, 2.75) is 19.8 Å².